The first kappa shape index (κ1) is 13.9. The highest BCUT2D eigenvalue weighted by molar-refractivity contribution is 7.98. The van der Waals surface area contributed by atoms with Gasteiger partial charge in [0.15, 0.2) is 5.82 Å². The van der Waals surface area contributed by atoms with Crippen molar-refractivity contribution in [1.29, 1.82) is 0 Å². The van der Waals surface area contributed by atoms with Gasteiger partial charge in [-0.25, -0.2) is 0 Å². The highest BCUT2D eigenvalue weighted by atomic mass is 35.5. The van der Waals surface area contributed by atoms with Crippen LogP contribution in [0.4, 0.5) is 0 Å². The van der Waals surface area contributed by atoms with Crippen LogP contribution in [0.15, 0.2) is 33.7 Å². The summed E-state index contributed by atoms with van der Waals surface area (Å²) < 4.78 is 5.30. The molecule has 0 aliphatic heterocycles. The van der Waals surface area contributed by atoms with Crippen molar-refractivity contribution in [3.63, 3.8) is 0 Å². The van der Waals surface area contributed by atoms with E-state index in [4.69, 9.17) is 21.9 Å². The van der Waals surface area contributed by atoms with E-state index in [-0.39, 0.29) is 5.54 Å². The van der Waals surface area contributed by atoms with Crippen LogP contribution in [0.3, 0.4) is 0 Å². The van der Waals surface area contributed by atoms with Gasteiger partial charge in [0.1, 0.15) is 0 Å². The molecule has 0 unspecified atom stereocenters. The van der Waals surface area contributed by atoms with Crippen LogP contribution in [0.5, 0.6) is 0 Å². The van der Waals surface area contributed by atoms with E-state index in [9.17, 15) is 0 Å². The summed E-state index contributed by atoms with van der Waals surface area (Å²) in [7, 11) is 0. The molecular weight excluding hydrogens is 294 g/mol. The van der Waals surface area contributed by atoms with E-state index in [0.717, 1.165) is 35.6 Å². The third kappa shape index (κ3) is 3.00. The number of halogens is 1. The minimum Gasteiger partial charge on any atom is -0.338 e. The van der Waals surface area contributed by atoms with Crippen LogP contribution in [-0.4, -0.2) is 10.1 Å². The molecule has 0 spiro atoms. The van der Waals surface area contributed by atoms with Crippen molar-refractivity contribution < 1.29 is 4.52 Å². The number of nitrogens with two attached hydrogens (primary N) is 1. The van der Waals surface area contributed by atoms with E-state index >= 15 is 0 Å². The predicted molar refractivity (Wildman–Crippen MR) is 79.6 cm³/mol. The highest BCUT2D eigenvalue weighted by Crippen LogP contribution is 2.35. The summed E-state index contributed by atoms with van der Waals surface area (Å²) in [4.78, 5) is 5.57. The van der Waals surface area contributed by atoms with Crippen LogP contribution >= 0.6 is 23.4 Å². The van der Waals surface area contributed by atoms with Crippen molar-refractivity contribution in [2.75, 3.05) is 0 Å². The second kappa shape index (κ2) is 5.76. The second-order valence-electron chi connectivity index (χ2n) is 5.12. The average molecular weight is 310 g/mol. The van der Waals surface area contributed by atoms with Crippen molar-refractivity contribution in [1.82, 2.24) is 10.1 Å². The van der Waals surface area contributed by atoms with Crippen molar-refractivity contribution in [3.8, 4) is 0 Å². The third-order valence-electron chi connectivity index (χ3n) is 3.59. The fraction of sp³-hybridized carbons (Fsp3) is 0.429. The lowest BCUT2D eigenvalue weighted by Gasteiger charge is -2.17. The summed E-state index contributed by atoms with van der Waals surface area (Å²) in [5, 5.41) is 4.79. The van der Waals surface area contributed by atoms with Crippen LogP contribution in [0.25, 0.3) is 0 Å². The van der Waals surface area contributed by atoms with Gasteiger partial charge in [0.05, 0.1) is 11.3 Å². The van der Waals surface area contributed by atoms with E-state index in [1.807, 2.05) is 24.3 Å². The third-order valence-corrected chi connectivity index (χ3v) is 4.83. The number of hydrogen-bond donors (Lipinski definition) is 1. The van der Waals surface area contributed by atoms with Gasteiger partial charge in [-0.05, 0) is 37.1 Å². The van der Waals surface area contributed by atoms with Gasteiger partial charge in [-0.1, -0.05) is 29.6 Å². The van der Waals surface area contributed by atoms with Crippen LogP contribution < -0.4 is 5.73 Å². The summed E-state index contributed by atoms with van der Waals surface area (Å²) in [5.74, 6) is 1.92. The van der Waals surface area contributed by atoms with E-state index < -0.39 is 0 Å². The van der Waals surface area contributed by atoms with Crippen LogP contribution in [-0.2, 0) is 11.3 Å². The molecule has 106 valence electrons. The zero-order valence-electron chi connectivity index (χ0n) is 11.0. The summed E-state index contributed by atoms with van der Waals surface area (Å²) in [6.07, 6.45) is 4.16. The molecule has 0 atom stereocenters. The van der Waals surface area contributed by atoms with Gasteiger partial charge >= 0.3 is 0 Å². The first-order valence-electron chi connectivity index (χ1n) is 6.66. The van der Waals surface area contributed by atoms with Gasteiger partial charge in [0, 0.05) is 9.92 Å². The fourth-order valence-corrected chi connectivity index (χ4v) is 3.28. The lowest BCUT2D eigenvalue weighted by molar-refractivity contribution is 0.355. The molecule has 1 aromatic heterocycles. The lowest BCUT2D eigenvalue weighted by atomic mass is 9.99. The minimum absolute atomic E-state index is 0.382. The number of aromatic nitrogens is 2. The number of benzene rings is 1. The SMILES string of the molecule is NC1(c2noc(CSc3ccc(Cl)cc3)n2)CCCC1. The van der Waals surface area contributed by atoms with E-state index in [1.54, 1.807) is 11.8 Å². The molecule has 0 bridgehead atoms. The maximum absolute atomic E-state index is 6.31. The highest BCUT2D eigenvalue weighted by Gasteiger charge is 2.35. The molecule has 1 aromatic carbocycles. The molecule has 1 aliphatic carbocycles. The van der Waals surface area contributed by atoms with E-state index in [2.05, 4.69) is 10.1 Å². The standard InChI is InChI=1S/C14H16ClN3OS/c15-10-3-5-11(6-4-10)20-9-12-17-13(18-19-12)14(16)7-1-2-8-14/h3-6H,1-2,7-9,16H2. The van der Waals surface area contributed by atoms with Crippen molar-refractivity contribution in [2.24, 2.45) is 5.73 Å². The summed E-state index contributed by atoms with van der Waals surface area (Å²) in [5.41, 5.74) is 5.93. The van der Waals surface area contributed by atoms with Gasteiger partial charge in [-0.15, -0.1) is 11.8 Å². The molecule has 1 aliphatic rings. The average Bonchev–Trinajstić information content (AvgIpc) is 3.08. The van der Waals surface area contributed by atoms with Crippen molar-refractivity contribution >= 4 is 23.4 Å². The molecule has 1 heterocycles. The Morgan fingerprint density at radius 1 is 1.25 bits per heavy atom. The Hall–Kier alpha value is -1.04. The molecule has 2 N–H and O–H groups in total. The Morgan fingerprint density at radius 3 is 2.65 bits per heavy atom. The van der Waals surface area contributed by atoms with Crippen molar-refractivity contribution in [3.05, 3.63) is 41.0 Å². The number of thioether (sulfide) groups is 1. The van der Waals surface area contributed by atoms with Gasteiger partial charge in [-0.2, -0.15) is 4.98 Å². The predicted octanol–water partition coefficient (Wildman–Crippen LogP) is 3.74. The normalized spacial score (nSPS) is 17.5. The number of hydrogen-bond acceptors (Lipinski definition) is 5. The smallest absolute Gasteiger partial charge is 0.237 e. The Morgan fingerprint density at radius 2 is 1.95 bits per heavy atom. The molecule has 1 saturated carbocycles. The summed E-state index contributed by atoms with van der Waals surface area (Å²) in [6.45, 7) is 0. The topological polar surface area (TPSA) is 64.9 Å². The maximum Gasteiger partial charge on any atom is 0.237 e. The molecule has 1 fully saturated rings. The first-order valence-corrected chi connectivity index (χ1v) is 8.02. The first-order chi connectivity index (χ1) is 9.66. The summed E-state index contributed by atoms with van der Waals surface area (Å²) in [6, 6.07) is 7.70. The molecule has 4 nitrogen and oxygen atoms in total. The lowest BCUT2D eigenvalue weighted by Crippen LogP contribution is -2.34. The molecule has 20 heavy (non-hydrogen) atoms. The van der Waals surface area contributed by atoms with E-state index in [0.29, 0.717) is 17.5 Å². The molecule has 0 saturated heterocycles. The quantitative estimate of drug-likeness (QED) is 0.871. The van der Waals surface area contributed by atoms with Crippen LogP contribution in [0, 0.1) is 0 Å². The molecule has 2 aromatic rings. The monoisotopic (exact) mass is 309 g/mol. The Kier molecular flexibility index (Phi) is 4.01. The largest absolute Gasteiger partial charge is 0.338 e. The Bertz CT molecular complexity index is 578. The number of nitrogens with zero attached hydrogens (tertiary/aromatic N) is 2. The maximum atomic E-state index is 6.31. The molecule has 6 heteroatoms. The Balaban J connectivity index is 1.64. The molecule has 0 radical (unpaired) electrons. The zero-order chi connectivity index (χ0) is 14.0. The Labute approximate surface area is 127 Å². The van der Waals surface area contributed by atoms with Gasteiger partial charge in [-0.3, -0.25) is 0 Å². The van der Waals surface area contributed by atoms with Crippen molar-refractivity contribution in [2.45, 2.75) is 41.9 Å². The van der Waals surface area contributed by atoms with Gasteiger partial charge in [0.2, 0.25) is 5.89 Å². The number of rotatable bonds is 4. The van der Waals surface area contributed by atoms with Crippen LogP contribution in [0.2, 0.25) is 5.02 Å². The minimum atomic E-state index is -0.382. The van der Waals surface area contributed by atoms with Crippen LogP contribution in [0.1, 0.15) is 37.4 Å². The van der Waals surface area contributed by atoms with Gasteiger partial charge in [0.25, 0.3) is 0 Å². The second-order valence-corrected chi connectivity index (χ2v) is 6.60. The molecule has 0 amide bonds. The van der Waals surface area contributed by atoms with Gasteiger partial charge < -0.3 is 10.3 Å². The zero-order valence-corrected chi connectivity index (χ0v) is 12.6. The molecule has 3 rings (SSSR count). The fourth-order valence-electron chi connectivity index (χ4n) is 2.42. The summed E-state index contributed by atoms with van der Waals surface area (Å²) >= 11 is 7.50. The molecular formula is C14H16ClN3OS. The van der Waals surface area contributed by atoms with E-state index in [1.165, 1.54) is 0 Å².